The van der Waals surface area contributed by atoms with Crippen LogP contribution < -0.4 is 9.62 Å². The van der Waals surface area contributed by atoms with Gasteiger partial charge in [0.25, 0.3) is 10.0 Å². The molecule has 1 N–H and O–H groups in total. The second-order valence-corrected chi connectivity index (χ2v) is 11.0. The van der Waals surface area contributed by atoms with Crippen molar-refractivity contribution in [1.82, 2.24) is 4.31 Å². The second kappa shape index (κ2) is 8.01. The number of carbonyl (C=O) groups excluding carboxylic acids is 1. The molecule has 2 saturated heterocycles. The molecular formula is C20H23N3O5S2. The number of hydrogen-bond acceptors (Lipinski definition) is 5. The van der Waals surface area contributed by atoms with Crippen LogP contribution in [0.4, 0.5) is 11.4 Å². The van der Waals surface area contributed by atoms with Crippen molar-refractivity contribution in [2.75, 3.05) is 29.3 Å². The summed E-state index contributed by atoms with van der Waals surface area (Å²) < 4.78 is 54.4. The van der Waals surface area contributed by atoms with Gasteiger partial charge in [-0.3, -0.25) is 9.52 Å². The maximum Gasteiger partial charge on any atom is 0.261 e. The number of nitrogens with zero attached hydrogens (tertiary/aromatic N) is 2. The molecule has 0 aromatic heterocycles. The lowest BCUT2D eigenvalue weighted by Gasteiger charge is -2.17. The Labute approximate surface area is 176 Å². The van der Waals surface area contributed by atoms with E-state index in [0.29, 0.717) is 31.7 Å². The average Bonchev–Trinajstić information content (AvgIpc) is 3.41. The summed E-state index contributed by atoms with van der Waals surface area (Å²) in [6.07, 6.45) is 3.01. The van der Waals surface area contributed by atoms with Gasteiger partial charge in [0, 0.05) is 37.4 Å². The van der Waals surface area contributed by atoms with Crippen molar-refractivity contribution < 1.29 is 21.6 Å². The van der Waals surface area contributed by atoms with Gasteiger partial charge in [-0.25, -0.2) is 16.8 Å². The van der Waals surface area contributed by atoms with E-state index in [9.17, 15) is 21.6 Å². The van der Waals surface area contributed by atoms with E-state index in [1.165, 1.54) is 28.6 Å². The molecule has 2 fully saturated rings. The fourth-order valence-corrected chi connectivity index (χ4v) is 6.29. The van der Waals surface area contributed by atoms with Crippen molar-refractivity contribution in [3.05, 3.63) is 48.5 Å². The van der Waals surface area contributed by atoms with E-state index < -0.39 is 20.0 Å². The molecule has 1 amide bonds. The van der Waals surface area contributed by atoms with Crippen LogP contribution in [-0.2, 0) is 24.8 Å². The zero-order chi connectivity index (χ0) is 21.4. The van der Waals surface area contributed by atoms with Gasteiger partial charge >= 0.3 is 0 Å². The first-order valence-electron chi connectivity index (χ1n) is 9.81. The van der Waals surface area contributed by atoms with Gasteiger partial charge in [-0.1, -0.05) is 0 Å². The molecular weight excluding hydrogens is 426 g/mol. The minimum absolute atomic E-state index is 0.0262. The van der Waals surface area contributed by atoms with Crippen LogP contribution in [0, 0.1) is 0 Å². The van der Waals surface area contributed by atoms with Crippen molar-refractivity contribution in [1.29, 1.82) is 0 Å². The molecule has 0 spiro atoms. The van der Waals surface area contributed by atoms with Crippen LogP contribution in [0.25, 0.3) is 0 Å². The van der Waals surface area contributed by atoms with Gasteiger partial charge in [0.1, 0.15) is 0 Å². The lowest BCUT2D eigenvalue weighted by molar-refractivity contribution is -0.117. The number of carbonyl (C=O) groups is 1. The lowest BCUT2D eigenvalue weighted by atomic mass is 10.2. The highest BCUT2D eigenvalue weighted by molar-refractivity contribution is 7.92. The molecule has 2 aliphatic heterocycles. The minimum Gasteiger partial charge on any atom is -0.312 e. The molecule has 10 heteroatoms. The van der Waals surface area contributed by atoms with Gasteiger partial charge in [0.15, 0.2) is 0 Å². The van der Waals surface area contributed by atoms with Crippen LogP contribution in [-0.4, -0.2) is 46.7 Å². The van der Waals surface area contributed by atoms with E-state index in [4.69, 9.17) is 0 Å². The third-order valence-corrected chi connectivity index (χ3v) is 8.65. The Bertz CT molecular complexity index is 1140. The first kappa shape index (κ1) is 20.8. The Morgan fingerprint density at radius 2 is 1.33 bits per heavy atom. The Balaban J connectivity index is 1.49. The van der Waals surface area contributed by atoms with E-state index in [0.717, 1.165) is 24.9 Å². The lowest BCUT2D eigenvalue weighted by Crippen LogP contribution is -2.27. The molecule has 0 saturated carbocycles. The number of benzene rings is 2. The van der Waals surface area contributed by atoms with Gasteiger partial charge in [0.2, 0.25) is 15.9 Å². The maximum atomic E-state index is 12.7. The van der Waals surface area contributed by atoms with Crippen LogP contribution in [0.1, 0.15) is 25.7 Å². The van der Waals surface area contributed by atoms with Gasteiger partial charge in [0.05, 0.1) is 9.79 Å². The number of sulfonamides is 2. The fraction of sp³-hybridized carbons (Fsp3) is 0.350. The first-order valence-corrected chi connectivity index (χ1v) is 12.7. The number of nitrogens with one attached hydrogen (secondary N) is 1. The molecule has 2 aromatic rings. The van der Waals surface area contributed by atoms with Gasteiger partial charge in [-0.15, -0.1) is 0 Å². The number of hydrogen-bond donors (Lipinski definition) is 1. The molecule has 160 valence electrons. The molecule has 0 unspecified atom stereocenters. The number of amides is 1. The van der Waals surface area contributed by atoms with Crippen LogP contribution >= 0.6 is 0 Å². The summed E-state index contributed by atoms with van der Waals surface area (Å²) in [6.45, 7) is 1.64. The van der Waals surface area contributed by atoms with Crippen LogP contribution in [0.3, 0.4) is 0 Å². The largest absolute Gasteiger partial charge is 0.312 e. The summed E-state index contributed by atoms with van der Waals surface area (Å²) in [5, 5.41) is 0. The Kier molecular flexibility index (Phi) is 5.56. The summed E-state index contributed by atoms with van der Waals surface area (Å²) in [7, 11) is -7.47. The third kappa shape index (κ3) is 4.07. The van der Waals surface area contributed by atoms with Crippen LogP contribution in [0.2, 0.25) is 0 Å². The Morgan fingerprint density at radius 3 is 1.90 bits per heavy atom. The SMILES string of the molecule is O=C1CCCN1c1ccc(NS(=O)(=O)c2ccc(S(=O)(=O)N3CCCC3)cc2)cc1. The van der Waals surface area contributed by atoms with Crippen molar-refractivity contribution in [2.45, 2.75) is 35.5 Å². The molecule has 2 aliphatic rings. The molecule has 0 aliphatic carbocycles. The summed E-state index contributed by atoms with van der Waals surface area (Å²) in [4.78, 5) is 13.6. The molecule has 8 nitrogen and oxygen atoms in total. The summed E-state index contributed by atoms with van der Waals surface area (Å²) in [5.74, 6) is 0.0623. The fourth-order valence-electron chi connectivity index (χ4n) is 3.71. The monoisotopic (exact) mass is 449 g/mol. The van der Waals surface area contributed by atoms with E-state index in [1.807, 2.05) is 0 Å². The van der Waals surface area contributed by atoms with Crippen molar-refractivity contribution in [3.8, 4) is 0 Å². The highest BCUT2D eigenvalue weighted by atomic mass is 32.2. The maximum absolute atomic E-state index is 12.7. The minimum atomic E-state index is -3.88. The van der Waals surface area contributed by atoms with Crippen molar-refractivity contribution >= 4 is 37.3 Å². The molecule has 0 radical (unpaired) electrons. The molecule has 4 rings (SSSR count). The first-order chi connectivity index (χ1) is 14.3. The third-order valence-electron chi connectivity index (χ3n) is 5.34. The van der Waals surface area contributed by atoms with Crippen LogP contribution in [0.15, 0.2) is 58.3 Å². The van der Waals surface area contributed by atoms with Crippen LogP contribution in [0.5, 0.6) is 0 Å². The van der Waals surface area contributed by atoms with E-state index in [-0.39, 0.29) is 15.7 Å². The zero-order valence-electron chi connectivity index (χ0n) is 16.3. The molecule has 2 aromatic carbocycles. The van der Waals surface area contributed by atoms with Gasteiger partial charge < -0.3 is 4.90 Å². The molecule has 30 heavy (non-hydrogen) atoms. The highest BCUT2D eigenvalue weighted by Gasteiger charge is 2.27. The molecule has 2 heterocycles. The average molecular weight is 450 g/mol. The topological polar surface area (TPSA) is 104 Å². The second-order valence-electron chi connectivity index (χ2n) is 7.38. The smallest absolute Gasteiger partial charge is 0.261 e. The Hall–Kier alpha value is -2.43. The van der Waals surface area contributed by atoms with Gasteiger partial charge in [-0.2, -0.15) is 4.31 Å². The number of rotatable bonds is 6. The molecule has 0 bridgehead atoms. The molecule has 0 atom stereocenters. The van der Waals surface area contributed by atoms with E-state index in [2.05, 4.69) is 4.72 Å². The summed E-state index contributed by atoms with van der Waals surface area (Å²) >= 11 is 0. The van der Waals surface area contributed by atoms with E-state index in [1.54, 1.807) is 29.2 Å². The predicted molar refractivity (Wildman–Crippen MR) is 113 cm³/mol. The standard InChI is InChI=1S/C20H23N3O5S2/c24-20-4-3-15-23(20)17-7-5-16(6-8-17)21-29(25,26)18-9-11-19(12-10-18)30(27,28)22-13-1-2-14-22/h5-12,21H,1-4,13-15H2. The highest BCUT2D eigenvalue weighted by Crippen LogP contribution is 2.26. The van der Waals surface area contributed by atoms with Crippen molar-refractivity contribution in [2.24, 2.45) is 0 Å². The Morgan fingerprint density at radius 1 is 0.733 bits per heavy atom. The summed E-state index contributed by atoms with van der Waals surface area (Å²) in [5.41, 5.74) is 1.09. The quantitative estimate of drug-likeness (QED) is 0.729. The normalized spacial score (nSPS) is 18.1. The van der Waals surface area contributed by atoms with E-state index >= 15 is 0 Å². The van der Waals surface area contributed by atoms with Gasteiger partial charge in [-0.05, 0) is 67.8 Å². The van der Waals surface area contributed by atoms with Crippen molar-refractivity contribution in [3.63, 3.8) is 0 Å². The predicted octanol–water partition coefficient (Wildman–Crippen LogP) is 2.40. The summed E-state index contributed by atoms with van der Waals surface area (Å²) in [6, 6.07) is 11.8. The zero-order valence-corrected chi connectivity index (χ0v) is 18.0. The number of anilines is 2.